The number of aromatic nitrogens is 1. The largest absolute Gasteiger partial charge is 0.389 e. The normalized spacial score (nSPS) is 11.6. The van der Waals surface area contributed by atoms with Crippen molar-refractivity contribution < 1.29 is 8.42 Å². The Morgan fingerprint density at radius 3 is 2.43 bits per heavy atom. The molecule has 0 aliphatic heterocycles. The fourth-order valence-electron chi connectivity index (χ4n) is 2.19. The van der Waals surface area contributed by atoms with Crippen molar-refractivity contribution in [2.45, 2.75) is 4.90 Å². The molecule has 0 unspecified atom stereocenters. The molecule has 0 aliphatic rings. The summed E-state index contributed by atoms with van der Waals surface area (Å²) < 4.78 is 26.5. The van der Waals surface area contributed by atoms with Crippen LogP contribution in [0.1, 0.15) is 5.56 Å². The van der Waals surface area contributed by atoms with Gasteiger partial charge in [0, 0.05) is 17.1 Å². The molecule has 0 radical (unpaired) electrons. The van der Waals surface area contributed by atoms with E-state index in [1.165, 1.54) is 10.2 Å². The summed E-state index contributed by atoms with van der Waals surface area (Å²) in [5, 5.41) is 0.778. The van der Waals surface area contributed by atoms with Crippen LogP contribution in [0, 0.1) is 0 Å². The van der Waals surface area contributed by atoms with Crippen LogP contribution < -0.4 is 5.73 Å². The monoisotopic (exact) mass is 316 g/mol. The Balaban J connectivity index is 2.20. The average molecular weight is 316 g/mol. The number of benzene rings is 2. The Hall–Kier alpha value is -2.18. The van der Waals surface area contributed by atoms with Crippen molar-refractivity contribution in [2.75, 3.05) is 0 Å². The third-order valence-electron chi connectivity index (χ3n) is 3.24. The smallest absolute Gasteiger partial charge is 0.268 e. The number of hydrogen-bond acceptors (Lipinski definition) is 3. The molecule has 106 valence electrons. The van der Waals surface area contributed by atoms with E-state index >= 15 is 0 Å². The Kier molecular flexibility index (Phi) is 3.27. The van der Waals surface area contributed by atoms with Gasteiger partial charge in [-0.2, -0.15) is 0 Å². The van der Waals surface area contributed by atoms with E-state index in [2.05, 4.69) is 0 Å². The van der Waals surface area contributed by atoms with Crippen molar-refractivity contribution in [3.05, 3.63) is 66.4 Å². The quantitative estimate of drug-likeness (QED) is 0.754. The summed E-state index contributed by atoms with van der Waals surface area (Å²) in [6, 6.07) is 15.3. The summed E-state index contributed by atoms with van der Waals surface area (Å²) in [6.45, 7) is 0. The highest BCUT2D eigenvalue weighted by molar-refractivity contribution is 7.90. The molecule has 2 N–H and O–H groups in total. The molecular formula is C15H12N2O2S2. The van der Waals surface area contributed by atoms with E-state index in [1.54, 1.807) is 54.6 Å². The summed E-state index contributed by atoms with van der Waals surface area (Å²) >= 11 is 4.93. The predicted octanol–water partition coefficient (Wildman–Crippen LogP) is 2.51. The van der Waals surface area contributed by atoms with E-state index in [1.807, 2.05) is 0 Å². The van der Waals surface area contributed by atoms with Crippen LogP contribution in [-0.2, 0) is 10.0 Å². The first-order valence-electron chi connectivity index (χ1n) is 6.22. The fourth-order valence-corrected chi connectivity index (χ4v) is 3.69. The summed E-state index contributed by atoms with van der Waals surface area (Å²) in [5.41, 5.74) is 6.91. The van der Waals surface area contributed by atoms with Crippen molar-refractivity contribution in [3.8, 4) is 0 Å². The lowest BCUT2D eigenvalue weighted by atomic mass is 10.1. The summed E-state index contributed by atoms with van der Waals surface area (Å²) in [4.78, 5) is 0.538. The van der Waals surface area contributed by atoms with E-state index < -0.39 is 10.0 Å². The zero-order valence-electron chi connectivity index (χ0n) is 10.9. The Morgan fingerprint density at radius 2 is 1.76 bits per heavy atom. The molecule has 0 fully saturated rings. The number of nitrogens with zero attached hydrogens (tertiary/aromatic N) is 1. The van der Waals surface area contributed by atoms with Crippen LogP contribution in [0.15, 0.2) is 65.7 Å². The van der Waals surface area contributed by atoms with Gasteiger partial charge in [-0.1, -0.05) is 30.4 Å². The van der Waals surface area contributed by atoms with Gasteiger partial charge in [0.05, 0.1) is 10.4 Å². The molecule has 2 aromatic carbocycles. The number of fused-ring (bicyclic) bond motifs is 1. The van der Waals surface area contributed by atoms with E-state index in [4.69, 9.17) is 18.0 Å². The van der Waals surface area contributed by atoms with Gasteiger partial charge >= 0.3 is 0 Å². The minimum absolute atomic E-state index is 0.251. The topological polar surface area (TPSA) is 65.1 Å². The molecular weight excluding hydrogens is 304 g/mol. The molecule has 0 aliphatic carbocycles. The summed E-state index contributed by atoms with van der Waals surface area (Å²) in [6.07, 6.45) is 1.54. The fraction of sp³-hybridized carbons (Fsp3) is 0. The van der Waals surface area contributed by atoms with Crippen LogP contribution >= 0.6 is 12.2 Å². The minimum Gasteiger partial charge on any atom is -0.389 e. The maximum atomic E-state index is 12.6. The first-order valence-corrected chi connectivity index (χ1v) is 8.06. The summed E-state index contributed by atoms with van der Waals surface area (Å²) in [5.74, 6) is 0. The van der Waals surface area contributed by atoms with Crippen LogP contribution in [-0.4, -0.2) is 17.4 Å². The van der Waals surface area contributed by atoms with Crippen LogP contribution in [0.25, 0.3) is 10.9 Å². The molecule has 0 bridgehead atoms. The Bertz CT molecular complexity index is 929. The molecule has 1 heterocycles. The second-order valence-electron chi connectivity index (χ2n) is 4.57. The minimum atomic E-state index is -3.60. The van der Waals surface area contributed by atoms with Gasteiger partial charge in [-0.25, -0.2) is 12.4 Å². The van der Waals surface area contributed by atoms with Gasteiger partial charge in [0.2, 0.25) is 0 Å². The summed E-state index contributed by atoms with van der Waals surface area (Å²) in [7, 11) is -3.60. The maximum absolute atomic E-state index is 12.6. The molecule has 0 saturated heterocycles. The van der Waals surface area contributed by atoms with Crippen molar-refractivity contribution in [2.24, 2.45) is 5.73 Å². The van der Waals surface area contributed by atoms with Gasteiger partial charge in [-0.05, 0) is 36.4 Å². The van der Waals surface area contributed by atoms with Crippen LogP contribution in [0.5, 0.6) is 0 Å². The molecule has 3 rings (SSSR count). The van der Waals surface area contributed by atoms with Crippen molar-refractivity contribution in [1.82, 2.24) is 3.97 Å². The standard InChI is InChI=1S/C15H12N2O2S2/c16-15(20)12-6-7-14-11(10-12)8-9-17(14)21(18,19)13-4-2-1-3-5-13/h1-10H,(H2,16,20). The van der Waals surface area contributed by atoms with Gasteiger partial charge in [-0.3, -0.25) is 0 Å². The van der Waals surface area contributed by atoms with E-state index in [-0.39, 0.29) is 9.88 Å². The molecule has 0 saturated carbocycles. The van der Waals surface area contributed by atoms with Crippen molar-refractivity contribution >= 4 is 38.1 Å². The third-order valence-corrected chi connectivity index (χ3v) is 5.18. The number of hydrogen-bond donors (Lipinski definition) is 1. The van der Waals surface area contributed by atoms with Gasteiger partial charge in [0.25, 0.3) is 10.0 Å². The molecule has 0 spiro atoms. The number of rotatable bonds is 3. The average Bonchev–Trinajstić information content (AvgIpc) is 2.91. The Labute approximate surface area is 127 Å². The van der Waals surface area contributed by atoms with Gasteiger partial charge in [0.1, 0.15) is 4.99 Å². The third kappa shape index (κ3) is 2.32. The molecule has 0 atom stereocenters. The molecule has 0 amide bonds. The maximum Gasteiger partial charge on any atom is 0.268 e. The van der Waals surface area contributed by atoms with Crippen LogP contribution in [0.4, 0.5) is 0 Å². The lowest BCUT2D eigenvalue weighted by Gasteiger charge is -2.07. The van der Waals surface area contributed by atoms with Crippen LogP contribution in [0.2, 0.25) is 0 Å². The highest BCUT2D eigenvalue weighted by Gasteiger charge is 2.18. The van der Waals surface area contributed by atoms with Crippen LogP contribution in [0.3, 0.4) is 0 Å². The zero-order chi connectivity index (χ0) is 15.0. The van der Waals surface area contributed by atoms with Gasteiger partial charge < -0.3 is 5.73 Å². The second kappa shape index (κ2) is 4.98. The lowest BCUT2D eigenvalue weighted by Crippen LogP contribution is -2.12. The van der Waals surface area contributed by atoms with Gasteiger partial charge in [0.15, 0.2) is 0 Å². The molecule has 1 aromatic heterocycles. The number of nitrogens with two attached hydrogens (primary N) is 1. The molecule has 3 aromatic rings. The first kappa shape index (κ1) is 13.8. The first-order chi connectivity index (χ1) is 10.00. The van der Waals surface area contributed by atoms with E-state index in [0.29, 0.717) is 11.1 Å². The highest BCUT2D eigenvalue weighted by Crippen LogP contribution is 2.23. The second-order valence-corrected chi connectivity index (χ2v) is 6.82. The Morgan fingerprint density at radius 1 is 1.05 bits per heavy atom. The zero-order valence-corrected chi connectivity index (χ0v) is 12.6. The molecule has 6 heteroatoms. The van der Waals surface area contributed by atoms with Crippen molar-refractivity contribution in [3.63, 3.8) is 0 Å². The van der Waals surface area contributed by atoms with E-state index in [9.17, 15) is 8.42 Å². The lowest BCUT2D eigenvalue weighted by molar-refractivity contribution is 0.589. The highest BCUT2D eigenvalue weighted by atomic mass is 32.2. The van der Waals surface area contributed by atoms with Gasteiger partial charge in [-0.15, -0.1) is 0 Å². The SMILES string of the molecule is NC(=S)c1ccc2c(ccn2S(=O)(=O)c2ccccc2)c1. The number of thiocarbonyl (C=S) groups is 1. The molecule has 4 nitrogen and oxygen atoms in total. The molecule has 21 heavy (non-hydrogen) atoms. The van der Waals surface area contributed by atoms with Crippen molar-refractivity contribution in [1.29, 1.82) is 0 Å². The van der Waals surface area contributed by atoms with E-state index in [0.717, 1.165) is 5.39 Å². The predicted molar refractivity (Wildman–Crippen MR) is 86.9 cm³/mol.